The molecule has 20 heavy (non-hydrogen) atoms. The molecule has 1 aliphatic rings. The molecule has 1 aromatic rings. The predicted octanol–water partition coefficient (Wildman–Crippen LogP) is 2.40. The Morgan fingerprint density at radius 2 is 2.25 bits per heavy atom. The Bertz CT molecular complexity index is 600. The van der Waals surface area contributed by atoms with E-state index in [0.717, 1.165) is 29.7 Å². The van der Waals surface area contributed by atoms with Crippen molar-refractivity contribution in [3.05, 3.63) is 16.0 Å². The van der Waals surface area contributed by atoms with E-state index >= 15 is 0 Å². The molecule has 0 saturated carbocycles. The van der Waals surface area contributed by atoms with Gasteiger partial charge >= 0.3 is 5.97 Å². The first-order valence-electron chi connectivity index (χ1n) is 6.52. The molecular formula is C14H16N2O3S. The Morgan fingerprint density at radius 3 is 2.85 bits per heavy atom. The number of anilines is 1. The number of nitrogens with one attached hydrogen (secondary N) is 1. The van der Waals surface area contributed by atoms with Crippen molar-refractivity contribution in [1.82, 2.24) is 0 Å². The van der Waals surface area contributed by atoms with Crippen molar-refractivity contribution in [1.29, 1.82) is 5.26 Å². The summed E-state index contributed by atoms with van der Waals surface area (Å²) in [6.45, 7) is 3.50. The van der Waals surface area contributed by atoms with Crippen LogP contribution in [0.2, 0.25) is 0 Å². The largest absolute Gasteiger partial charge is 0.481 e. The molecule has 0 aromatic carbocycles. The van der Waals surface area contributed by atoms with E-state index in [-0.39, 0.29) is 0 Å². The van der Waals surface area contributed by atoms with E-state index in [1.54, 1.807) is 0 Å². The minimum atomic E-state index is -1.17. The zero-order valence-corrected chi connectivity index (χ0v) is 12.2. The molecule has 6 heteroatoms. The Balaban J connectivity index is 2.27. The normalized spacial score (nSPS) is 18.8. The van der Waals surface area contributed by atoms with Crippen LogP contribution >= 0.6 is 11.3 Å². The van der Waals surface area contributed by atoms with Gasteiger partial charge in [-0.05, 0) is 37.7 Å². The van der Waals surface area contributed by atoms with Crippen LogP contribution in [0.3, 0.4) is 0 Å². The topological polar surface area (TPSA) is 90.2 Å². The first kappa shape index (κ1) is 14.5. The van der Waals surface area contributed by atoms with Crippen LogP contribution in [0.15, 0.2) is 0 Å². The quantitative estimate of drug-likeness (QED) is 0.837. The fourth-order valence-corrected chi connectivity index (χ4v) is 3.65. The number of hydrogen-bond acceptors (Lipinski definition) is 4. The van der Waals surface area contributed by atoms with Gasteiger partial charge in [0.25, 0.3) is 0 Å². The highest BCUT2D eigenvalue weighted by Gasteiger charge is 2.27. The maximum absolute atomic E-state index is 11.8. The molecule has 1 heterocycles. The van der Waals surface area contributed by atoms with Gasteiger partial charge in [0.05, 0.1) is 5.56 Å². The maximum Gasteiger partial charge on any atom is 0.315 e. The molecule has 5 nitrogen and oxygen atoms in total. The molecule has 2 rings (SSSR count). The zero-order chi connectivity index (χ0) is 14.9. The van der Waals surface area contributed by atoms with Gasteiger partial charge in [-0.3, -0.25) is 9.59 Å². The van der Waals surface area contributed by atoms with Crippen molar-refractivity contribution in [2.75, 3.05) is 5.32 Å². The van der Waals surface area contributed by atoms with Crippen LogP contribution in [0, 0.1) is 23.2 Å². The molecule has 106 valence electrons. The minimum Gasteiger partial charge on any atom is -0.481 e. The second kappa shape index (κ2) is 5.63. The SMILES string of the molecule is CC1CCc2c(sc(NC(=O)C(C)C(=O)O)c2C#N)C1. The molecule has 2 atom stereocenters. The summed E-state index contributed by atoms with van der Waals surface area (Å²) in [5.41, 5.74) is 1.52. The minimum absolute atomic E-state index is 0.490. The highest BCUT2D eigenvalue weighted by Crippen LogP contribution is 2.39. The molecule has 1 aromatic heterocycles. The Labute approximate surface area is 121 Å². The van der Waals surface area contributed by atoms with E-state index in [0.29, 0.717) is 16.5 Å². The van der Waals surface area contributed by atoms with Crippen LogP contribution < -0.4 is 5.32 Å². The van der Waals surface area contributed by atoms with E-state index in [2.05, 4.69) is 18.3 Å². The molecule has 0 spiro atoms. The van der Waals surface area contributed by atoms with Crippen LogP contribution in [0.1, 0.15) is 36.3 Å². The number of thiophene rings is 1. The lowest BCUT2D eigenvalue weighted by atomic mass is 9.88. The number of carbonyl (C=O) groups is 2. The van der Waals surface area contributed by atoms with Gasteiger partial charge in [0, 0.05) is 4.88 Å². The Morgan fingerprint density at radius 1 is 1.55 bits per heavy atom. The van der Waals surface area contributed by atoms with Crippen molar-refractivity contribution in [2.45, 2.75) is 33.1 Å². The number of carbonyl (C=O) groups excluding carboxylic acids is 1. The second-order valence-corrected chi connectivity index (χ2v) is 6.32. The number of aliphatic carboxylic acids is 1. The highest BCUT2D eigenvalue weighted by atomic mass is 32.1. The third-order valence-electron chi connectivity index (χ3n) is 3.62. The number of amides is 1. The number of nitriles is 1. The van der Waals surface area contributed by atoms with Crippen molar-refractivity contribution in [2.24, 2.45) is 11.8 Å². The number of rotatable bonds is 3. The van der Waals surface area contributed by atoms with E-state index < -0.39 is 17.8 Å². The zero-order valence-electron chi connectivity index (χ0n) is 11.4. The van der Waals surface area contributed by atoms with Gasteiger partial charge in [0.15, 0.2) is 0 Å². The van der Waals surface area contributed by atoms with Crippen LogP contribution in [-0.4, -0.2) is 17.0 Å². The van der Waals surface area contributed by atoms with Crippen molar-refractivity contribution < 1.29 is 14.7 Å². The van der Waals surface area contributed by atoms with Gasteiger partial charge in [-0.2, -0.15) is 5.26 Å². The molecule has 0 fully saturated rings. The summed E-state index contributed by atoms with van der Waals surface area (Å²) in [4.78, 5) is 23.7. The summed E-state index contributed by atoms with van der Waals surface area (Å²) in [5.74, 6) is -2.30. The Hall–Kier alpha value is -1.87. The van der Waals surface area contributed by atoms with E-state index in [1.165, 1.54) is 18.3 Å². The fraction of sp³-hybridized carbons (Fsp3) is 0.500. The third kappa shape index (κ3) is 2.68. The first-order valence-corrected chi connectivity index (χ1v) is 7.34. The molecular weight excluding hydrogens is 276 g/mol. The summed E-state index contributed by atoms with van der Waals surface area (Å²) in [7, 11) is 0. The smallest absolute Gasteiger partial charge is 0.315 e. The van der Waals surface area contributed by atoms with Crippen LogP contribution in [-0.2, 0) is 22.4 Å². The standard InChI is InChI=1S/C14H16N2O3S/c1-7-3-4-9-10(6-15)13(20-11(9)5-7)16-12(17)8(2)14(18)19/h7-8H,3-5H2,1-2H3,(H,16,17)(H,18,19). The maximum atomic E-state index is 11.8. The molecule has 1 amide bonds. The van der Waals surface area contributed by atoms with E-state index in [1.807, 2.05) is 0 Å². The van der Waals surface area contributed by atoms with Gasteiger partial charge < -0.3 is 10.4 Å². The molecule has 0 bridgehead atoms. The monoisotopic (exact) mass is 292 g/mol. The summed E-state index contributed by atoms with van der Waals surface area (Å²) in [6, 6.07) is 2.14. The van der Waals surface area contributed by atoms with Crippen molar-refractivity contribution in [3.63, 3.8) is 0 Å². The van der Waals surface area contributed by atoms with Crippen molar-refractivity contribution >= 4 is 28.2 Å². The molecule has 0 saturated heterocycles. The predicted molar refractivity (Wildman–Crippen MR) is 75.7 cm³/mol. The van der Waals surface area contributed by atoms with Crippen molar-refractivity contribution in [3.8, 4) is 6.07 Å². The summed E-state index contributed by atoms with van der Waals surface area (Å²) >= 11 is 1.40. The number of fused-ring (bicyclic) bond motifs is 1. The molecule has 0 radical (unpaired) electrons. The highest BCUT2D eigenvalue weighted by molar-refractivity contribution is 7.16. The van der Waals surface area contributed by atoms with Gasteiger partial charge in [-0.25, -0.2) is 0 Å². The van der Waals surface area contributed by atoms with Gasteiger partial charge in [-0.15, -0.1) is 11.3 Å². The molecule has 2 N–H and O–H groups in total. The van der Waals surface area contributed by atoms with Crippen LogP contribution in [0.5, 0.6) is 0 Å². The summed E-state index contributed by atoms with van der Waals surface area (Å²) in [6.07, 6.45) is 2.80. The van der Waals surface area contributed by atoms with Crippen LogP contribution in [0.25, 0.3) is 0 Å². The van der Waals surface area contributed by atoms with Gasteiger partial charge in [0.1, 0.15) is 17.0 Å². The van der Waals surface area contributed by atoms with E-state index in [4.69, 9.17) is 5.11 Å². The van der Waals surface area contributed by atoms with Gasteiger partial charge in [0.2, 0.25) is 5.91 Å². The lowest BCUT2D eigenvalue weighted by Crippen LogP contribution is -2.26. The number of nitrogens with zero attached hydrogens (tertiary/aromatic N) is 1. The first-order chi connectivity index (χ1) is 9.43. The van der Waals surface area contributed by atoms with E-state index in [9.17, 15) is 14.9 Å². The molecule has 1 aliphatic carbocycles. The lowest BCUT2D eigenvalue weighted by molar-refractivity contribution is -0.144. The lowest BCUT2D eigenvalue weighted by Gasteiger charge is -2.17. The number of carboxylic acids is 1. The number of hydrogen-bond donors (Lipinski definition) is 2. The summed E-state index contributed by atoms with van der Waals surface area (Å²) < 4.78 is 0. The molecule has 2 unspecified atom stereocenters. The Kier molecular flexibility index (Phi) is 4.09. The summed E-state index contributed by atoms with van der Waals surface area (Å²) in [5, 5.41) is 21.2. The average molecular weight is 292 g/mol. The third-order valence-corrected chi connectivity index (χ3v) is 4.79. The number of carboxylic acid groups (broad SMARTS) is 1. The van der Waals surface area contributed by atoms with Gasteiger partial charge in [-0.1, -0.05) is 6.92 Å². The fourth-order valence-electron chi connectivity index (χ4n) is 2.29. The molecule has 0 aliphatic heterocycles. The average Bonchev–Trinajstić information content (AvgIpc) is 2.73. The van der Waals surface area contributed by atoms with Crippen LogP contribution in [0.4, 0.5) is 5.00 Å². The second-order valence-electron chi connectivity index (χ2n) is 5.22.